The highest BCUT2D eigenvalue weighted by Crippen LogP contribution is 2.22. The smallest absolute Gasteiger partial charge is 0.264 e. The van der Waals surface area contributed by atoms with E-state index in [9.17, 15) is 0 Å². The lowest BCUT2D eigenvalue weighted by Gasteiger charge is -2.02. The van der Waals surface area contributed by atoms with E-state index in [0.29, 0.717) is 22.5 Å². The number of hydrogen-bond donors (Lipinski definition) is 0. The second-order valence-electron chi connectivity index (χ2n) is 5.77. The van der Waals surface area contributed by atoms with Crippen LogP contribution in [-0.4, -0.2) is 25.1 Å². The minimum atomic E-state index is 0.184. The highest BCUT2D eigenvalue weighted by atomic mass is 35.5. The zero-order valence-electron chi connectivity index (χ0n) is 14.1. The Balaban J connectivity index is 1.50. The van der Waals surface area contributed by atoms with Crippen molar-refractivity contribution in [3.05, 3.63) is 53.4 Å². The van der Waals surface area contributed by atoms with Crippen LogP contribution in [0.15, 0.2) is 47.0 Å². The number of fused-ring (bicyclic) bond motifs is 1. The van der Waals surface area contributed by atoms with Gasteiger partial charge in [0.2, 0.25) is 5.82 Å². The van der Waals surface area contributed by atoms with Crippen LogP contribution in [0.2, 0.25) is 5.02 Å². The highest BCUT2D eigenvalue weighted by molar-refractivity contribution is 6.30. The Kier molecular flexibility index (Phi) is 4.53. The molecule has 0 unspecified atom stereocenters. The highest BCUT2D eigenvalue weighted by Gasteiger charge is 2.12. The van der Waals surface area contributed by atoms with Gasteiger partial charge in [0.25, 0.3) is 5.89 Å². The molecule has 132 valence electrons. The van der Waals surface area contributed by atoms with E-state index in [0.717, 1.165) is 29.6 Å². The third-order valence-electron chi connectivity index (χ3n) is 3.85. The minimum Gasteiger partial charge on any atom is -0.484 e. The fourth-order valence-electron chi connectivity index (χ4n) is 2.59. The van der Waals surface area contributed by atoms with Gasteiger partial charge in [-0.1, -0.05) is 28.9 Å². The zero-order chi connectivity index (χ0) is 17.9. The van der Waals surface area contributed by atoms with Gasteiger partial charge >= 0.3 is 0 Å². The Morgan fingerprint density at radius 2 is 2.00 bits per heavy atom. The Bertz CT molecular complexity index is 1030. The van der Waals surface area contributed by atoms with Gasteiger partial charge in [0.1, 0.15) is 11.3 Å². The van der Waals surface area contributed by atoms with E-state index in [-0.39, 0.29) is 6.61 Å². The van der Waals surface area contributed by atoms with Crippen molar-refractivity contribution < 1.29 is 9.26 Å². The first-order valence-electron chi connectivity index (χ1n) is 8.27. The second-order valence-corrected chi connectivity index (χ2v) is 6.21. The molecule has 26 heavy (non-hydrogen) atoms. The first kappa shape index (κ1) is 16.5. The number of benzene rings is 2. The largest absolute Gasteiger partial charge is 0.484 e. The van der Waals surface area contributed by atoms with Crippen LogP contribution >= 0.6 is 11.6 Å². The SMILES string of the molecule is CCCn1nnc2cc(-c3noc(COc4ccc(Cl)cc4)n3)ccc21. The molecule has 4 rings (SSSR count). The summed E-state index contributed by atoms with van der Waals surface area (Å²) in [4.78, 5) is 4.38. The molecule has 0 saturated carbocycles. The summed E-state index contributed by atoms with van der Waals surface area (Å²) in [6.45, 7) is 3.13. The fraction of sp³-hybridized carbons (Fsp3) is 0.222. The maximum atomic E-state index is 5.85. The molecular formula is C18H16ClN5O2. The summed E-state index contributed by atoms with van der Waals surface area (Å²) < 4.78 is 12.8. The molecule has 7 nitrogen and oxygen atoms in total. The number of aryl methyl sites for hydroxylation is 1. The number of ether oxygens (including phenoxy) is 1. The van der Waals surface area contributed by atoms with Gasteiger partial charge in [0.05, 0.1) is 5.52 Å². The predicted octanol–water partition coefficient (Wildman–Crippen LogP) is 4.12. The van der Waals surface area contributed by atoms with Crippen LogP contribution in [0.3, 0.4) is 0 Å². The van der Waals surface area contributed by atoms with Gasteiger partial charge in [-0.2, -0.15) is 4.98 Å². The lowest BCUT2D eigenvalue weighted by atomic mass is 10.2. The molecule has 4 aromatic rings. The minimum absolute atomic E-state index is 0.184. The van der Waals surface area contributed by atoms with Gasteiger partial charge in [-0.05, 0) is 48.9 Å². The number of aromatic nitrogens is 5. The summed E-state index contributed by atoms with van der Waals surface area (Å²) in [5, 5.41) is 13.0. The van der Waals surface area contributed by atoms with Gasteiger partial charge in [-0.15, -0.1) is 5.10 Å². The summed E-state index contributed by atoms with van der Waals surface area (Å²) >= 11 is 5.85. The van der Waals surface area contributed by atoms with E-state index in [1.165, 1.54) is 0 Å². The van der Waals surface area contributed by atoms with Crippen LogP contribution in [0.1, 0.15) is 19.2 Å². The summed E-state index contributed by atoms with van der Waals surface area (Å²) in [7, 11) is 0. The van der Waals surface area contributed by atoms with Crippen molar-refractivity contribution in [1.29, 1.82) is 0 Å². The normalized spacial score (nSPS) is 11.2. The van der Waals surface area contributed by atoms with Crippen LogP contribution in [0.5, 0.6) is 5.75 Å². The first-order valence-corrected chi connectivity index (χ1v) is 8.65. The Morgan fingerprint density at radius 3 is 2.81 bits per heavy atom. The number of hydrogen-bond acceptors (Lipinski definition) is 6. The van der Waals surface area contributed by atoms with E-state index in [1.807, 2.05) is 22.9 Å². The predicted molar refractivity (Wildman–Crippen MR) is 96.9 cm³/mol. The third kappa shape index (κ3) is 3.39. The Hall–Kier alpha value is -2.93. The molecule has 0 aliphatic carbocycles. The van der Waals surface area contributed by atoms with Crippen LogP contribution in [0.4, 0.5) is 0 Å². The monoisotopic (exact) mass is 369 g/mol. The Morgan fingerprint density at radius 1 is 1.15 bits per heavy atom. The average Bonchev–Trinajstić information content (AvgIpc) is 3.29. The third-order valence-corrected chi connectivity index (χ3v) is 4.10. The average molecular weight is 370 g/mol. The molecule has 0 amide bonds. The topological polar surface area (TPSA) is 78.9 Å². The van der Waals surface area contributed by atoms with E-state index in [1.54, 1.807) is 24.3 Å². The van der Waals surface area contributed by atoms with Crippen LogP contribution in [0.25, 0.3) is 22.4 Å². The van der Waals surface area contributed by atoms with Crippen molar-refractivity contribution in [3.63, 3.8) is 0 Å². The van der Waals surface area contributed by atoms with E-state index < -0.39 is 0 Å². The molecule has 0 N–H and O–H groups in total. The van der Waals surface area contributed by atoms with Crippen molar-refractivity contribution in [2.45, 2.75) is 26.5 Å². The summed E-state index contributed by atoms with van der Waals surface area (Å²) in [5.74, 6) is 1.57. The van der Waals surface area contributed by atoms with Crippen molar-refractivity contribution >= 4 is 22.6 Å². The number of halogens is 1. The molecule has 0 atom stereocenters. The Labute approximate surface area is 154 Å². The van der Waals surface area contributed by atoms with Gasteiger partial charge in [0.15, 0.2) is 6.61 Å². The molecule has 0 aliphatic rings. The zero-order valence-corrected chi connectivity index (χ0v) is 14.8. The van der Waals surface area contributed by atoms with Gasteiger partial charge in [-0.3, -0.25) is 0 Å². The molecule has 0 aliphatic heterocycles. The van der Waals surface area contributed by atoms with Crippen molar-refractivity contribution in [3.8, 4) is 17.1 Å². The van der Waals surface area contributed by atoms with Gasteiger partial charge < -0.3 is 9.26 Å². The fourth-order valence-corrected chi connectivity index (χ4v) is 2.72. The van der Waals surface area contributed by atoms with Crippen molar-refractivity contribution in [1.82, 2.24) is 25.1 Å². The second kappa shape index (κ2) is 7.13. The lowest BCUT2D eigenvalue weighted by molar-refractivity contribution is 0.243. The molecule has 0 spiro atoms. The maximum Gasteiger partial charge on any atom is 0.264 e. The molecule has 2 aromatic carbocycles. The lowest BCUT2D eigenvalue weighted by Crippen LogP contribution is -1.98. The summed E-state index contributed by atoms with van der Waals surface area (Å²) in [6.07, 6.45) is 1.00. The molecule has 0 saturated heterocycles. The first-order chi connectivity index (χ1) is 12.7. The molecule has 0 bridgehead atoms. The van der Waals surface area contributed by atoms with Crippen LogP contribution in [0, 0.1) is 0 Å². The number of rotatable bonds is 6. The molecule has 0 radical (unpaired) electrons. The molecule has 8 heteroatoms. The van der Waals surface area contributed by atoms with E-state index in [4.69, 9.17) is 20.9 Å². The van der Waals surface area contributed by atoms with E-state index in [2.05, 4.69) is 27.4 Å². The van der Waals surface area contributed by atoms with Crippen LogP contribution < -0.4 is 4.74 Å². The van der Waals surface area contributed by atoms with E-state index >= 15 is 0 Å². The molecule has 2 heterocycles. The van der Waals surface area contributed by atoms with Crippen molar-refractivity contribution in [2.75, 3.05) is 0 Å². The van der Waals surface area contributed by atoms with Gasteiger partial charge in [-0.25, -0.2) is 4.68 Å². The van der Waals surface area contributed by atoms with Gasteiger partial charge in [0, 0.05) is 17.1 Å². The molecule has 2 aromatic heterocycles. The van der Waals surface area contributed by atoms with Crippen molar-refractivity contribution in [2.24, 2.45) is 0 Å². The number of nitrogens with zero attached hydrogens (tertiary/aromatic N) is 5. The quantitative estimate of drug-likeness (QED) is 0.508. The summed E-state index contributed by atoms with van der Waals surface area (Å²) in [5.41, 5.74) is 2.62. The maximum absolute atomic E-state index is 5.85. The molecular weight excluding hydrogens is 354 g/mol. The van der Waals surface area contributed by atoms with Crippen LogP contribution in [-0.2, 0) is 13.2 Å². The summed E-state index contributed by atoms with van der Waals surface area (Å²) in [6, 6.07) is 12.9. The molecule has 0 fully saturated rings. The standard InChI is InChI=1S/C18H16ClN5O2/c1-2-9-24-16-8-3-12(10-15(16)21-23-24)18-20-17(26-22-18)11-25-14-6-4-13(19)5-7-14/h3-8,10H,2,9,11H2,1H3.